The topological polar surface area (TPSA) is 54.4 Å². The lowest BCUT2D eigenvalue weighted by atomic mass is 9.73. The molecule has 0 aromatic carbocycles. The predicted molar refractivity (Wildman–Crippen MR) is 43.7 cm³/mol. The molecule has 3 heteroatoms. The second kappa shape index (κ2) is 3.25. The van der Waals surface area contributed by atoms with Gasteiger partial charge in [-0.15, -0.1) is 0 Å². The van der Waals surface area contributed by atoms with Crippen LogP contribution in [0.2, 0.25) is 0 Å². The first-order valence-corrected chi connectivity index (χ1v) is 4.29. The fourth-order valence-electron chi connectivity index (χ4n) is 1.78. The lowest BCUT2D eigenvalue weighted by molar-refractivity contribution is -0.147. The minimum atomic E-state index is -0.762. The Hall–Kier alpha value is -0.860. The molecule has 68 valence electrons. The van der Waals surface area contributed by atoms with Crippen LogP contribution in [0.3, 0.4) is 0 Å². The van der Waals surface area contributed by atoms with E-state index in [4.69, 9.17) is 5.11 Å². The van der Waals surface area contributed by atoms with E-state index < -0.39 is 5.97 Å². The van der Waals surface area contributed by atoms with Crippen LogP contribution in [0.15, 0.2) is 0 Å². The molecule has 12 heavy (non-hydrogen) atoms. The van der Waals surface area contributed by atoms with Gasteiger partial charge in [0.15, 0.2) is 0 Å². The molecule has 0 aromatic rings. The molecule has 1 aliphatic rings. The van der Waals surface area contributed by atoms with Gasteiger partial charge in [0.25, 0.3) is 0 Å². The summed E-state index contributed by atoms with van der Waals surface area (Å²) in [5, 5.41) is 8.80. The molecule has 1 rings (SSSR count). The number of hydrogen-bond acceptors (Lipinski definition) is 2. The van der Waals surface area contributed by atoms with Gasteiger partial charge in [0.1, 0.15) is 5.78 Å². The number of rotatable bonds is 1. The van der Waals surface area contributed by atoms with Crippen molar-refractivity contribution in [3.8, 4) is 0 Å². The van der Waals surface area contributed by atoms with E-state index in [-0.39, 0.29) is 23.5 Å². The summed E-state index contributed by atoms with van der Waals surface area (Å²) in [4.78, 5) is 21.9. The van der Waals surface area contributed by atoms with Crippen molar-refractivity contribution in [2.45, 2.75) is 26.7 Å². The summed E-state index contributed by atoms with van der Waals surface area (Å²) in [5.74, 6) is -0.969. The van der Waals surface area contributed by atoms with Crippen molar-refractivity contribution in [2.24, 2.45) is 17.8 Å². The van der Waals surface area contributed by atoms with E-state index in [1.807, 2.05) is 13.8 Å². The average Bonchev–Trinajstić information content (AvgIpc) is 2.00. The van der Waals surface area contributed by atoms with Gasteiger partial charge >= 0.3 is 5.97 Å². The molecule has 1 aliphatic carbocycles. The SMILES string of the molecule is CC1C(=O)CCC(C(=O)O)C1C. The second-order valence-electron chi connectivity index (χ2n) is 3.60. The molecule has 0 bridgehead atoms. The zero-order chi connectivity index (χ0) is 9.30. The Labute approximate surface area is 71.8 Å². The molecular weight excluding hydrogens is 156 g/mol. The number of aliphatic carboxylic acids is 1. The monoisotopic (exact) mass is 170 g/mol. The van der Waals surface area contributed by atoms with Gasteiger partial charge in [-0.05, 0) is 12.3 Å². The quantitative estimate of drug-likeness (QED) is 0.645. The van der Waals surface area contributed by atoms with Crippen molar-refractivity contribution >= 4 is 11.8 Å². The number of hydrogen-bond donors (Lipinski definition) is 1. The molecule has 0 heterocycles. The van der Waals surface area contributed by atoms with Gasteiger partial charge in [-0.1, -0.05) is 13.8 Å². The molecular formula is C9H14O3. The van der Waals surface area contributed by atoms with E-state index in [1.54, 1.807) is 0 Å². The van der Waals surface area contributed by atoms with Gasteiger partial charge in [0, 0.05) is 12.3 Å². The predicted octanol–water partition coefficient (Wildman–Crippen LogP) is 1.32. The third-order valence-electron chi connectivity index (χ3n) is 2.95. The fourth-order valence-corrected chi connectivity index (χ4v) is 1.78. The largest absolute Gasteiger partial charge is 0.481 e. The lowest BCUT2D eigenvalue weighted by Gasteiger charge is -2.29. The molecule has 0 radical (unpaired) electrons. The molecule has 1 N–H and O–H groups in total. The van der Waals surface area contributed by atoms with Crippen molar-refractivity contribution in [1.82, 2.24) is 0 Å². The van der Waals surface area contributed by atoms with Crippen LogP contribution in [0, 0.1) is 17.8 Å². The smallest absolute Gasteiger partial charge is 0.306 e. The number of carbonyl (C=O) groups excluding carboxylic acids is 1. The molecule has 3 atom stereocenters. The maximum Gasteiger partial charge on any atom is 0.306 e. The Bertz CT molecular complexity index is 210. The normalized spacial score (nSPS) is 36.5. The maximum absolute atomic E-state index is 11.2. The Morgan fingerprint density at radius 3 is 2.58 bits per heavy atom. The van der Waals surface area contributed by atoms with Crippen molar-refractivity contribution in [3.05, 3.63) is 0 Å². The van der Waals surface area contributed by atoms with Crippen LogP contribution in [0.25, 0.3) is 0 Å². The highest BCUT2D eigenvalue weighted by molar-refractivity contribution is 5.84. The van der Waals surface area contributed by atoms with Gasteiger partial charge in [-0.25, -0.2) is 0 Å². The summed E-state index contributed by atoms with van der Waals surface area (Å²) >= 11 is 0. The number of ketones is 1. The van der Waals surface area contributed by atoms with E-state index in [2.05, 4.69) is 0 Å². The molecule has 0 aromatic heterocycles. The van der Waals surface area contributed by atoms with E-state index in [0.717, 1.165) is 0 Å². The Kier molecular flexibility index (Phi) is 2.50. The summed E-state index contributed by atoms with van der Waals surface area (Å²) < 4.78 is 0. The highest BCUT2D eigenvalue weighted by Gasteiger charge is 2.36. The Balaban J connectivity index is 2.71. The van der Waals surface area contributed by atoms with E-state index in [0.29, 0.717) is 12.8 Å². The van der Waals surface area contributed by atoms with Crippen molar-refractivity contribution in [1.29, 1.82) is 0 Å². The summed E-state index contributed by atoms with van der Waals surface area (Å²) in [7, 11) is 0. The van der Waals surface area contributed by atoms with Crippen LogP contribution in [0.4, 0.5) is 0 Å². The number of carboxylic acid groups (broad SMARTS) is 1. The second-order valence-corrected chi connectivity index (χ2v) is 3.60. The zero-order valence-electron chi connectivity index (χ0n) is 7.41. The summed E-state index contributed by atoms with van der Waals surface area (Å²) in [6.07, 6.45) is 0.947. The van der Waals surface area contributed by atoms with Crippen LogP contribution in [-0.4, -0.2) is 16.9 Å². The number of carboxylic acids is 1. The third-order valence-corrected chi connectivity index (χ3v) is 2.95. The zero-order valence-corrected chi connectivity index (χ0v) is 7.41. The highest BCUT2D eigenvalue weighted by Crippen LogP contribution is 2.32. The van der Waals surface area contributed by atoms with Gasteiger partial charge in [0.05, 0.1) is 5.92 Å². The minimum Gasteiger partial charge on any atom is -0.481 e. The summed E-state index contributed by atoms with van der Waals surface area (Å²) in [6.45, 7) is 3.67. The van der Waals surface area contributed by atoms with Gasteiger partial charge in [-0.3, -0.25) is 9.59 Å². The number of carbonyl (C=O) groups is 2. The third kappa shape index (κ3) is 1.49. The first kappa shape index (κ1) is 9.23. The van der Waals surface area contributed by atoms with Gasteiger partial charge < -0.3 is 5.11 Å². The summed E-state index contributed by atoms with van der Waals surface area (Å²) in [6, 6.07) is 0. The van der Waals surface area contributed by atoms with Crippen molar-refractivity contribution in [2.75, 3.05) is 0 Å². The first-order valence-electron chi connectivity index (χ1n) is 4.29. The standard InChI is InChI=1S/C9H14O3/c1-5-6(2)8(10)4-3-7(5)9(11)12/h5-7H,3-4H2,1-2H3,(H,11,12). The lowest BCUT2D eigenvalue weighted by Crippen LogP contribution is -2.35. The van der Waals surface area contributed by atoms with E-state index in [1.165, 1.54) is 0 Å². The fraction of sp³-hybridized carbons (Fsp3) is 0.778. The van der Waals surface area contributed by atoms with Crippen LogP contribution in [0.5, 0.6) is 0 Å². The molecule has 3 nitrogen and oxygen atoms in total. The van der Waals surface area contributed by atoms with Gasteiger partial charge in [-0.2, -0.15) is 0 Å². The Morgan fingerprint density at radius 1 is 1.50 bits per heavy atom. The average molecular weight is 170 g/mol. The Morgan fingerprint density at radius 2 is 2.08 bits per heavy atom. The van der Waals surface area contributed by atoms with Crippen LogP contribution in [0.1, 0.15) is 26.7 Å². The maximum atomic E-state index is 11.2. The molecule has 0 aliphatic heterocycles. The molecule has 1 fully saturated rings. The van der Waals surface area contributed by atoms with E-state index in [9.17, 15) is 9.59 Å². The van der Waals surface area contributed by atoms with Crippen molar-refractivity contribution < 1.29 is 14.7 Å². The van der Waals surface area contributed by atoms with Gasteiger partial charge in [0.2, 0.25) is 0 Å². The number of Topliss-reactive ketones (excluding diaryl/α,β-unsaturated/α-hetero) is 1. The van der Waals surface area contributed by atoms with E-state index >= 15 is 0 Å². The molecule has 1 saturated carbocycles. The first-order chi connectivity index (χ1) is 5.54. The molecule has 3 unspecified atom stereocenters. The minimum absolute atomic E-state index is 0.0104. The molecule has 0 saturated heterocycles. The summed E-state index contributed by atoms with van der Waals surface area (Å²) in [5.41, 5.74) is 0. The van der Waals surface area contributed by atoms with Crippen LogP contribution in [-0.2, 0) is 9.59 Å². The highest BCUT2D eigenvalue weighted by atomic mass is 16.4. The van der Waals surface area contributed by atoms with Crippen LogP contribution < -0.4 is 0 Å². The van der Waals surface area contributed by atoms with Crippen LogP contribution >= 0.6 is 0 Å². The van der Waals surface area contributed by atoms with Crippen molar-refractivity contribution in [3.63, 3.8) is 0 Å². The molecule has 0 spiro atoms. The molecule has 0 amide bonds.